The van der Waals surface area contributed by atoms with Crippen molar-refractivity contribution in [3.63, 3.8) is 0 Å². The number of aromatic nitrogens is 1. The first kappa shape index (κ1) is 19.4. The Morgan fingerprint density at radius 3 is 2.83 bits per heavy atom. The highest BCUT2D eigenvalue weighted by atomic mass is 35.5. The van der Waals surface area contributed by atoms with Crippen LogP contribution in [0.25, 0.3) is 11.3 Å². The molecule has 0 saturated heterocycles. The molecule has 2 heterocycles. The van der Waals surface area contributed by atoms with Gasteiger partial charge in [0, 0.05) is 40.4 Å². The minimum atomic E-state index is -1.00. The Bertz CT molecular complexity index is 1080. The summed E-state index contributed by atoms with van der Waals surface area (Å²) in [5, 5.41) is 7.38. The van der Waals surface area contributed by atoms with Crippen molar-refractivity contribution in [2.45, 2.75) is 32.9 Å². The van der Waals surface area contributed by atoms with Gasteiger partial charge in [0.05, 0.1) is 12.2 Å². The van der Waals surface area contributed by atoms with E-state index in [1.54, 1.807) is 17.0 Å². The molecule has 8 heteroatoms. The molecule has 2 amide bonds. The molecule has 4 rings (SSSR count). The fraction of sp³-hybridized carbons (Fsp3) is 0.238. The first-order valence-electron chi connectivity index (χ1n) is 9.10. The zero-order valence-corrected chi connectivity index (χ0v) is 16.6. The lowest BCUT2D eigenvalue weighted by molar-refractivity contribution is 0.182. The van der Waals surface area contributed by atoms with Crippen LogP contribution in [0.4, 0.5) is 19.3 Å². The molecule has 2 aromatic carbocycles. The number of hydrogen-bond donors (Lipinski definition) is 1. The molecule has 1 aliphatic heterocycles. The molecule has 1 N–H and O–H groups in total. The van der Waals surface area contributed by atoms with Gasteiger partial charge in [-0.05, 0) is 37.6 Å². The van der Waals surface area contributed by atoms with Crippen molar-refractivity contribution >= 4 is 23.3 Å². The minimum absolute atomic E-state index is 0.122. The van der Waals surface area contributed by atoms with Gasteiger partial charge >= 0.3 is 6.03 Å². The summed E-state index contributed by atoms with van der Waals surface area (Å²) in [7, 11) is 0. The molecule has 1 aliphatic rings. The molecule has 0 aliphatic carbocycles. The van der Waals surface area contributed by atoms with Crippen LogP contribution in [-0.2, 0) is 13.0 Å². The predicted molar refractivity (Wildman–Crippen MR) is 106 cm³/mol. The van der Waals surface area contributed by atoms with E-state index in [4.69, 9.17) is 16.1 Å². The summed E-state index contributed by atoms with van der Waals surface area (Å²) in [5.41, 5.74) is 2.70. The average molecular weight is 418 g/mol. The number of aryl methyl sites for hydroxylation is 1. The van der Waals surface area contributed by atoms with Gasteiger partial charge in [0.15, 0.2) is 17.4 Å². The van der Waals surface area contributed by atoms with Crippen molar-refractivity contribution in [1.82, 2.24) is 10.1 Å². The average Bonchev–Trinajstić information content (AvgIpc) is 3.08. The van der Waals surface area contributed by atoms with Crippen LogP contribution in [0.15, 0.2) is 40.9 Å². The number of nitrogens with zero attached hydrogens (tertiary/aromatic N) is 2. The maximum atomic E-state index is 13.7. The predicted octanol–water partition coefficient (Wildman–Crippen LogP) is 5.56. The molecule has 1 aromatic heterocycles. The number of carbonyl (C=O) groups is 1. The Morgan fingerprint density at radius 1 is 1.31 bits per heavy atom. The van der Waals surface area contributed by atoms with Gasteiger partial charge in [-0.25, -0.2) is 13.6 Å². The Morgan fingerprint density at radius 2 is 2.10 bits per heavy atom. The van der Waals surface area contributed by atoms with Gasteiger partial charge < -0.3 is 14.7 Å². The number of halogens is 3. The maximum Gasteiger partial charge on any atom is 0.322 e. The van der Waals surface area contributed by atoms with Crippen LogP contribution in [0, 0.1) is 18.6 Å². The summed E-state index contributed by atoms with van der Waals surface area (Å²) in [5.74, 6) is -1.36. The number of urea groups is 1. The minimum Gasteiger partial charge on any atom is -0.356 e. The molecular formula is C21H18ClF2N3O2. The van der Waals surface area contributed by atoms with Crippen LogP contribution in [0.1, 0.15) is 23.7 Å². The smallest absolute Gasteiger partial charge is 0.322 e. The van der Waals surface area contributed by atoms with E-state index in [9.17, 15) is 13.6 Å². The summed E-state index contributed by atoms with van der Waals surface area (Å²) in [6.45, 7) is 3.61. The number of carbonyl (C=O) groups excluding carboxylic acids is 1. The van der Waals surface area contributed by atoms with Crippen molar-refractivity contribution in [1.29, 1.82) is 0 Å². The molecule has 0 saturated carbocycles. The van der Waals surface area contributed by atoms with Gasteiger partial charge in [0.1, 0.15) is 0 Å². The van der Waals surface area contributed by atoms with Gasteiger partial charge in [0.2, 0.25) is 0 Å². The summed E-state index contributed by atoms with van der Waals surface area (Å²) < 4.78 is 32.7. The molecule has 29 heavy (non-hydrogen) atoms. The number of amides is 2. The molecule has 150 valence electrons. The number of nitrogens with one attached hydrogen (secondary N) is 1. The number of benzene rings is 2. The van der Waals surface area contributed by atoms with Crippen LogP contribution < -0.4 is 5.32 Å². The van der Waals surface area contributed by atoms with Gasteiger partial charge in [-0.15, -0.1) is 0 Å². The van der Waals surface area contributed by atoms with Crippen LogP contribution >= 0.6 is 11.6 Å². The van der Waals surface area contributed by atoms with Gasteiger partial charge in [0.25, 0.3) is 0 Å². The van der Waals surface area contributed by atoms with E-state index in [-0.39, 0.29) is 23.8 Å². The summed E-state index contributed by atoms with van der Waals surface area (Å²) >= 11 is 6.08. The second-order valence-corrected chi connectivity index (χ2v) is 7.58. The molecule has 0 fully saturated rings. The molecule has 0 spiro atoms. The normalized spacial score (nSPS) is 15.9. The van der Waals surface area contributed by atoms with Gasteiger partial charge in [-0.2, -0.15) is 0 Å². The monoisotopic (exact) mass is 417 g/mol. The van der Waals surface area contributed by atoms with E-state index in [2.05, 4.69) is 10.5 Å². The number of rotatable bonds is 2. The fourth-order valence-corrected chi connectivity index (χ4v) is 3.69. The number of fused-ring (bicyclic) bond motifs is 1. The van der Waals surface area contributed by atoms with Gasteiger partial charge in [-0.1, -0.05) is 28.9 Å². The highest BCUT2D eigenvalue weighted by Crippen LogP contribution is 2.33. The lowest BCUT2D eigenvalue weighted by atomic mass is 9.97. The first-order valence-corrected chi connectivity index (χ1v) is 9.48. The van der Waals surface area contributed by atoms with Crippen molar-refractivity contribution in [3.05, 3.63) is 69.9 Å². The topological polar surface area (TPSA) is 58.4 Å². The van der Waals surface area contributed by atoms with E-state index in [1.165, 1.54) is 13.0 Å². The van der Waals surface area contributed by atoms with Crippen molar-refractivity contribution in [3.8, 4) is 11.3 Å². The number of hydrogen-bond acceptors (Lipinski definition) is 3. The SMILES string of the molecule is Cc1cc(NC(=O)N2Cc3c(noc3-c3cccc(Cl)c3)C[C@@H]2C)cc(F)c1F. The van der Waals surface area contributed by atoms with Crippen molar-refractivity contribution in [2.24, 2.45) is 0 Å². The third-order valence-corrected chi connectivity index (χ3v) is 5.26. The Balaban J connectivity index is 1.60. The van der Waals surface area contributed by atoms with Crippen LogP contribution in [0.3, 0.4) is 0 Å². The lowest BCUT2D eigenvalue weighted by Crippen LogP contribution is -2.44. The summed E-state index contributed by atoms with van der Waals surface area (Å²) in [4.78, 5) is 14.5. The van der Waals surface area contributed by atoms with E-state index >= 15 is 0 Å². The third kappa shape index (κ3) is 3.70. The molecule has 0 bridgehead atoms. The molecule has 0 radical (unpaired) electrons. The zero-order chi connectivity index (χ0) is 20.7. The maximum absolute atomic E-state index is 13.7. The molecule has 5 nitrogen and oxygen atoms in total. The zero-order valence-electron chi connectivity index (χ0n) is 15.8. The van der Waals surface area contributed by atoms with Gasteiger partial charge in [-0.3, -0.25) is 0 Å². The standard InChI is InChI=1S/C21H18ClF2N3O2/c1-11-6-15(9-17(23)19(11)24)25-21(28)27-10-16-18(7-12(27)2)26-29-20(16)13-4-3-5-14(22)8-13/h3-6,8-9,12H,7,10H2,1-2H3,(H,25,28)/t12-/m0/s1. The van der Waals surface area contributed by atoms with Crippen molar-refractivity contribution < 1.29 is 18.1 Å². The summed E-state index contributed by atoms with van der Waals surface area (Å²) in [6.07, 6.45) is 0.517. The highest BCUT2D eigenvalue weighted by Gasteiger charge is 2.32. The quantitative estimate of drug-likeness (QED) is 0.593. The molecule has 3 aromatic rings. The number of anilines is 1. The second kappa shape index (κ2) is 7.48. The Labute approximate surface area is 171 Å². The van der Waals surface area contributed by atoms with Crippen LogP contribution in [-0.4, -0.2) is 22.1 Å². The molecular weight excluding hydrogens is 400 g/mol. The van der Waals surface area contributed by atoms with E-state index in [0.29, 0.717) is 17.2 Å². The van der Waals surface area contributed by atoms with Crippen molar-refractivity contribution in [2.75, 3.05) is 5.32 Å². The first-order chi connectivity index (χ1) is 13.8. The third-order valence-electron chi connectivity index (χ3n) is 5.03. The second-order valence-electron chi connectivity index (χ2n) is 7.15. The van der Waals surface area contributed by atoms with E-state index in [0.717, 1.165) is 22.9 Å². The van der Waals surface area contributed by atoms with Crippen LogP contribution in [0.2, 0.25) is 5.02 Å². The molecule has 0 unspecified atom stereocenters. The van der Waals surface area contributed by atoms with Crippen LogP contribution in [0.5, 0.6) is 0 Å². The van der Waals surface area contributed by atoms with E-state index < -0.39 is 17.7 Å². The Hall–Kier alpha value is -2.93. The summed E-state index contributed by atoms with van der Waals surface area (Å²) in [6, 6.07) is 9.02. The van der Waals surface area contributed by atoms with E-state index in [1.807, 2.05) is 19.1 Å². The Kier molecular flexibility index (Phi) is 5.00. The lowest BCUT2D eigenvalue weighted by Gasteiger charge is -2.32. The molecule has 1 atom stereocenters. The highest BCUT2D eigenvalue weighted by molar-refractivity contribution is 6.30. The largest absolute Gasteiger partial charge is 0.356 e. The fourth-order valence-electron chi connectivity index (χ4n) is 3.50.